The fraction of sp³-hybridized carbons (Fsp3) is 0.800. The molecule has 2 atom stereocenters. The molecule has 1 N–H and O–H groups in total. The number of aliphatic carboxylic acids is 1. The van der Waals surface area contributed by atoms with Crippen LogP contribution >= 0.6 is 0 Å². The maximum absolute atomic E-state index is 11.5. The van der Waals surface area contributed by atoms with Crippen LogP contribution in [-0.4, -0.2) is 40.3 Å². The van der Waals surface area contributed by atoms with Gasteiger partial charge in [0.15, 0.2) is 0 Å². The fourth-order valence-corrected chi connectivity index (χ4v) is 1.58. The maximum Gasteiger partial charge on any atom is 0.411 e. The van der Waals surface area contributed by atoms with Gasteiger partial charge in [0.25, 0.3) is 0 Å². The molecule has 1 aliphatic heterocycles. The Hall–Kier alpha value is -1.26. The standard InChI is InChI=1S/C10H17NO4/c1-6-5-11(7(6)8(12)13)9(14)15-10(2,3)4/h6-7H,5H2,1-4H3,(H,12,13)/t6-,7-/m1/s1. The third-order valence-electron chi connectivity index (χ3n) is 2.24. The van der Waals surface area contributed by atoms with E-state index >= 15 is 0 Å². The first-order valence-electron chi connectivity index (χ1n) is 4.95. The normalized spacial score (nSPS) is 25.7. The average Bonchev–Trinajstić information content (AvgIpc) is 1.94. The second-order valence-corrected chi connectivity index (χ2v) is 4.89. The molecule has 0 spiro atoms. The van der Waals surface area contributed by atoms with Crippen LogP contribution in [0.25, 0.3) is 0 Å². The van der Waals surface area contributed by atoms with E-state index in [0.717, 1.165) is 0 Å². The zero-order valence-corrected chi connectivity index (χ0v) is 9.48. The van der Waals surface area contributed by atoms with Gasteiger partial charge in [-0.05, 0) is 20.8 Å². The summed E-state index contributed by atoms with van der Waals surface area (Å²) in [7, 11) is 0. The van der Waals surface area contributed by atoms with Crippen LogP contribution in [0.4, 0.5) is 4.79 Å². The zero-order chi connectivity index (χ0) is 11.8. The van der Waals surface area contributed by atoms with Crippen LogP contribution < -0.4 is 0 Å². The van der Waals surface area contributed by atoms with Gasteiger partial charge in [0.1, 0.15) is 11.6 Å². The molecule has 1 fully saturated rings. The van der Waals surface area contributed by atoms with Crippen LogP contribution in [0, 0.1) is 5.92 Å². The molecule has 5 nitrogen and oxygen atoms in total. The molecule has 0 saturated carbocycles. The number of hydrogen-bond donors (Lipinski definition) is 1. The van der Waals surface area contributed by atoms with E-state index in [1.807, 2.05) is 0 Å². The first kappa shape index (κ1) is 11.8. The van der Waals surface area contributed by atoms with Gasteiger partial charge < -0.3 is 9.84 Å². The van der Waals surface area contributed by atoms with Crippen molar-refractivity contribution in [3.05, 3.63) is 0 Å². The minimum absolute atomic E-state index is 0.00461. The highest BCUT2D eigenvalue weighted by Crippen LogP contribution is 2.26. The minimum atomic E-state index is -0.973. The summed E-state index contributed by atoms with van der Waals surface area (Å²) in [5.41, 5.74) is -0.584. The summed E-state index contributed by atoms with van der Waals surface area (Å²) in [6.45, 7) is 7.52. The molecule has 1 amide bonds. The predicted octanol–water partition coefficient (Wildman–Crippen LogP) is 1.33. The molecular weight excluding hydrogens is 198 g/mol. The van der Waals surface area contributed by atoms with Crippen molar-refractivity contribution in [2.45, 2.75) is 39.3 Å². The van der Waals surface area contributed by atoms with Crippen molar-refractivity contribution in [1.82, 2.24) is 4.90 Å². The molecule has 0 aliphatic carbocycles. The van der Waals surface area contributed by atoms with Gasteiger partial charge in [-0.3, -0.25) is 4.90 Å². The summed E-state index contributed by atoms with van der Waals surface area (Å²) in [6.07, 6.45) is -0.548. The Balaban J connectivity index is 2.59. The summed E-state index contributed by atoms with van der Waals surface area (Å²) in [5, 5.41) is 8.87. The van der Waals surface area contributed by atoms with Crippen LogP contribution in [-0.2, 0) is 9.53 Å². The highest BCUT2D eigenvalue weighted by molar-refractivity contribution is 5.82. The lowest BCUT2D eigenvalue weighted by atomic mass is 9.91. The molecule has 5 heteroatoms. The maximum atomic E-state index is 11.5. The summed E-state index contributed by atoms with van der Waals surface area (Å²) < 4.78 is 5.09. The van der Waals surface area contributed by atoms with Gasteiger partial charge in [-0.25, -0.2) is 9.59 Å². The quantitative estimate of drug-likeness (QED) is 0.716. The largest absolute Gasteiger partial charge is 0.480 e. The zero-order valence-electron chi connectivity index (χ0n) is 9.48. The van der Waals surface area contributed by atoms with Crippen LogP contribution in [0.3, 0.4) is 0 Å². The van der Waals surface area contributed by atoms with Gasteiger partial charge in [-0.2, -0.15) is 0 Å². The van der Waals surface area contributed by atoms with Crippen LogP contribution in [0.15, 0.2) is 0 Å². The number of carboxylic acid groups (broad SMARTS) is 1. The van der Waals surface area contributed by atoms with Gasteiger partial charge in [0, 0.05) is 12.5 Å². The molecular formula is C10H17NO4. The number of nitrogens with zero attached hydrogens (tertiary/aromatic N) is 1. The molecule has 1 aliphatic rings. The molecule has 1 heterocycles. The van der Waals surface area contributed by atoms with E-state index in [-0.39, 0.29) is 5.92 Å². The number of likely N-dealkylation sites (tertiary alicyclic amines) is 1. The highest BCUT2D eigenvalue weighted by atomic mass is 16.6. The Morgan fingerprint density at radius 1 is 1.40 bits per heavy atom. The summed E-state index contributed by atoms with van der Waals surface area (Å²) >= 11 is 0. The lowest BCUT2D eigenvalue weighted by molar-refractivity contribution is -0.151. The van der Waals surface area contributed by atoms with E-state index in [9.17, 15) is 9.59 Å². The van der Waals surface area contributed by atoms with Crippen molar-refractivity contribution in [2.75, 3.05) is 6.54 Å². The van der Waals surface area contributed by atoms with Crippen LogP contribution in [0.2, 0.25) is 0 Å². The molecule has 1 rings (SSSR count). The fourth-order valence-electron chi connectivity index (χ4n) is 1.58. The van der Waals surface area contributed by atoms with Gasteiger partial charge in [0.05, 0.1) is 0 Å². The number of carboxylic acids is 1. The second kappa shape index (κ2) is 3.72. The van der Waals surface area contributed by atoms with Gasteiger partial charge >= 0.3 is 12.1 Å². The van der Waals surface area contributed by atoms with Crippen molar-refractivity contribution in [3.63, 3.8) is 0 Å². The number of hydrogen-bond acceptors (Lipinski definition) is 3. The van der Waals surface area contributed by atoms with Crippen LogP contribution in [0.5, 0.6) is 0 Å². The average molecular weight is 215 g/mol. The van der Waals surface area contributed by atoms with E-state index in [2.05, 4.69) is 0 Å². The van der Waals surface area contributed by atoms with Gasteiger partial charge in [-0.15, -0.1) is 0 Å². The van der Waals surface area contributed by atoms with Gasteiger partial charge in [-0.1, -0.05) is 6.92 Å². The third-order valence-corrected chi connectivity index (χ3v) is 2.24. The van der Waals surface area contributed by atoms with Crippen molar-refractivity contribution in [2.24, 2.45) is 5.92 Å². The van der Waals surface area contributed by atoms with Gasteiger partial charge in [0.2, 0.25) is 0 Å². The smallest absolute Gasteiger partial charge is 0.411 e. The molecule has 0 aromatic carbocycles. The molecule has 0 radical (unpaired) electrons. The monoisotopic (exact) mass is 215 g/mol. The predicted molar refractivity (Wildman–Crippen MR) is 53.5 cm³/mol. The number of ether oxygens (including phenoxy) is 1. The van der Waals surface area contributed by atoms with Crippen LogP contribution in [0.1, 0.15) is 27.7 Å². The highest BCUT2D eigenvalue weighted by Gasteiger charge is 2.45. The second-order valence-electron chi connectivity index (χ2n) is 4.89. The van der Waals surface area contributed by atoms with E-state index in [1.165, 1.54) is 4.90 Å². The summed E-state index contributed by atoms with van der Waals surface area (Å²) in [5.74, 6) is -0.977. The molecule has 0 aromatic rings. The molecule has 1 saturated heterocycles. The Labute approximate surface area is 89.0 Å². The van der Waals surface area contributed by atoms with E-state index in [4.69, 9.17) is 9.84 Å². The van der Waals surface area contributed by atoms with E-state index in [0.29, 0.717) is 6.54 Å². The number of carbonyl (C=O) groups is 2. The van der Waals surface area contributed by atoms with Crippen molar-refractivity contribution < 1.29 is 19.4 Å². The Kier molecular flexibility index (Phi) is 2.93. The lowest BCUT2D eigenvalue weighted by Gasteiger charge is -2.43. The Morgan fingerprint density at radius 3 is 2.27 bits per heavy atom. The minimum Gasteiger partial charge on any atom is -0.480 e. The summed E-state index contributed by atoms with van der Waals surface area (Å²) in [6, 6.07) is -0.736. The van der Waals surface area contributed by atoms with E-state index < -0.39 is 23.7 Å². The first-order valence-corrected chi connectivity index (χ1v) is 4.95. The molecule has 86 valence electrons. The molecule has 0 bridgehead atoms. The van der Waals surface area contributed by atoms with Crippen molar-refractivity contribution >= 4 is 12.1 Å². The number of amides is 1. The summed E-state index contributed by atoms with van der Waals surface area (Å²) in [4.78, 5) is 23.6. The number of carbonyl (C=O) groups excluding carboxylic acids is 1. The van der Waals surface area contributed by atoms with Crippen molar-refractivity contribution in [1.29, 1.82) is 0 Å². The molecule has 15 heavy (non-hydrogen) atoms. The lowest BCUT2D eigenvalue weighted by Crippen LogP contribution is -2.61. The van der Waals surface area contributed by atoms with Crippen molar-refractivity contribution in [3.8, 4) is 0 Å². The SMILES string of the molecule is C[C@@H]1CN(C(=O)OC(C)(C)C)[C@H]1C(=O)O. The topological polar surface area (TPSA) is 66.8 Å². The molecule has 0 aromatic heterocycles. The Morgan fingerprint density at radius 2 is 1.93 bits per heavy atom. The van der Waals surface area contributed by atoms with E-state index in [1.54, 1.807) is 27.7 Å². The molecule has 0 unspecified atom stereocenters. The Bertz CT molecular complexity index is 282. The number of rotatable bonds is 1. The third kappa shape index (κ3) is 2.61. The first-order chi connectivity index (χ1) is 6.72.